The fraction of sp³-hybridized carbons (Fsp3) is 0.447. The fourth-order valence-corrected chi connectivity index (χ4v) is 7.19. The maximum absolute atomic E-state index is 13.9. The summed E-state index contributed by atoms with van der Waals surface area (Å²) < 4.78 is 17.1. The number of benzene rings is 2. The molecule has 1 fully saturated rings. The largest absolute Gasteiger partial charge is 0.493 e. The van der Waals surface area contributed by atoms with Gasteiger partial charge in [0.15, 0.2) is 11.5 Å². The van der Waals surface area contributed by atoms with Crippen LogP contribution in [0, 0.1) is 5.41 Å². The van der Waals surface area contributed by atoms with Crippen LogP contribution in [0.25, 0.3) is 0 Å². The Morgan fingerprint density at radius 2 is 1.86 bits per heavy atom. The van der Waals surface area contributed by atoms with E-state index in [9.17, 15) is 19.2 Å². The number of ketones is 1. The molecule has 1 aliphatic heterocycles. The van der Waals surface area contributed by atoms with Gasteiger partial charge in [-0.15, -0.1) is 0 Å². The summed E-state index contributed by atoms with van der Waals surface area (Å²) in [5.74, 6) is -0.115. The third kappa shape index (κ3) is 11.5. The number of nitrogens with zero attached hydrogens (tertiary/aromatic N) is 2. The van der Waals surface area contributed by atoms with E-state index in [0.717, 1.165) is 12.0 Å². The predicted octanol–water partition coefficient (Wildman–Crippen LogP) is 7.75. The minimum Gasteiger partial charge on any atom is -0.493 e. The van der Waals surface area contributed by atoms with E-state index in [4.69, 9.17) is 14.2 Å². The molecule has 10 nitrogen and oxygen atoms in total. The Morgan fingerprint density at radius 3 is 2.54 bits per heavy atom. The second-order valence-electron chi connectivity index (χ2n) is 12.5. The van der Waals surface area contributed by atoms with Crippen molar-refractivity contribution in [3.63, 3.8) is 0 Å². The summed E-state index contributed by atoms with van der Waals surface area (Å²) in [6.07, 6.45) is 6.25. The van der Waals surface area contributed by atoms with Gasteiger partial charge in [-0.25, -0.2) is 4.79 Å². The second kappa shape index (κ2) is 20.0. The summed E-state index contributed by atoms with van der Waals surface area (Å²) in [5, 5.41) is 3.66. The number of rotatable bonds is 19. The van der Waals surface area contributed by atoms with Crippen molar-refractivity contribution in [3.05, 3.63) is 77.4 Å². The Labute approximate surface area is 303 Å². The lowest BCUT2D eigenvalue weighted by Gasteiger charge is -2.36. The molecule has 0 unspecified atom stereocenters. The number of methoxy groups -OCH3 is 2. The van der Waals surface area contributed by atoms with Crippen LogP contribution in [0.1, 0.15) is 76.5 Å². The minimum absolute atomic E-state index is 0.161. The zero-order valence-electron chi connectivity index (χ0n) is 29.7. The molecule has 0 aliphatic carbocycles. The Kier molecular flexibility index (Phi) is 16.1. The van der Waals surface area contributed by atoms with Crippen LogP contribution in [0.4, 0.5) is 5.69 Å². The quantitative estimate of drug-likeness (QED) is 0.0387. The molecule has 2 aromatic rings. The summed E-state index contributed by atoms with van der Waals surface area (Å²) in [6.45, 7) is 12.9. The molecule has 1 saturated heterocycles. The van der Waals surface area contributed by atoms with Gasteiger partial charge in [-0.05, 0) is 97.5 Å². The van der Waals surface area contributed by atoms with Gasteiger partial charge < -0.3 is 24.4 Å². The molecule has 50 heavy (non-hydrogen) atoms. The average molecular weight is 724 g/mol. The van der Waals surface area contributed by atoms with E-state index in [0.29, 0.717) is 72.2 Å². The molecule has 0 spiro atoms. The lowest BCUT2D eigenvalue weighted by atomic mass is 9.84. The Balaban J connectivity index is 1.81. The summed E-state index contributed by atoms with van der Waals surface area (Å²) in [6, 6.07) is 12.0. The number of aliphatic imine (C=N–C) groups is 1. The number of carbonyl (C=O) groups is 4. The van der Waals surface area contributed by atoms with Crippen LogP contribution < -0.4 is 14.8 Å². The molecule has 3 rings (SSSR count). The van der Waals surface area contributed by atoms with Crippen molar-refractivity contribution in [2.75, 3.05) is 31.8 Å². The number of nitrogens with one attached hydrogen (secondary N) is 1. The van der Waals surface area contributed by atoms with Crippen molar-refractivity contribution in [3.8, 4) is 11.5 Å². The molecule has 0 bridgehead atoms. The van der Waals surface area contributed by atoms with E-state index in [1.807, 2.05) is 31.2 Å². The maximum Gasteiger partial charge on any atom is 0.329 e. The Bertz CT molecular complexity index is 1560. The minimum atomic E-state index is -0.868. The van der Waals surface area contributed by atoms with Gasteiger partial charge in [-0.3, -0.25) is 19.4 Å². The molecule has 0 radical (unpaired) electrons. The lowest BCUT2D eigenvalue weighted by Crippen LogP contribution is -2.53. The number of hydrogen-bond acceptors (Lipinski definition) is 10. The summed E-state index contributed by atoms with van der Waals surface area (Å²) in [4.78, 5) is 58.6. The van der Waals surface area contributed by atoms with Crippen LogP contribution >= 0.6 is 21.6 Å². The third-order valence-corrected chi connectivity index (χ3v) is 10.9. The zero-order valence-corrected chi connectivity index (χ0v) is 31.3. The van der Waals surface area contributed by atoms with Crippen LogP contribution in [0.15, 0.2) is 71.2 Å². The average Bonchev–Trinajstić information content (AvgIpc) is 3.13. The molecule has 1 aliphatic rings. The van der Waals surface area contributed by atoms with Crippen LogP contribution in [-0.4, -0.2) is 67.7 Å². The van der Waals surface area contributed by atoms with Crippen molar-refractivity contribution < 1.29 is 33.4 Å². The van der Waals surface area contributed by atoms with Crippen molar-refractivity contribution in [2.24, 2.45) is 10.4 Å². The van der Waals surface area contributed by atoms with Gasteiger partial charge in [0.25, 0.3) is 5.91 Å². The monoisotopic (exact) mass is 723 g/mol. The smallest absolute Gasteiger partial charge is 0.329 e. The Morgan fingerprint density at radius 1 is 1.10 bits per heavy atom. The number of amides is 2. The molecular weight excluding hydrogens is 675 g/mol. The number of carbonyl (C=O) groups excluding carboxylic acids is 4. The standard InChI is InChI=1S/C38H49N3O7S2/c1-8-13-34(39-5)50-49-23-21-33(42)40-28-15-12-14-27(25-28)30(19-17-26-18-20-31(46-6)32(24-26)47-7)48-37(45)29-16-10-11-22-41(29)36(44)35(43)38(3,4)9-2/h8,12-15,18,20,24-25,29-30H,1,5,9-11,16-17,19,21-23H2,2-4,6-7H3,(H,40,42)/b34-13+/t29-,30+/m0/s1. The van der Waals surface area contributed by atoms with Crippen LogP contribution in [-0.2, 0) is 30.3 Å². The number of ether oxygens (including phenoxy) is 3. The van der Waals surface area contributed by atoms with E-state index in [2.05, 4.69) is 23.6 Å². The first-order valence-electron chi connectivity index (χ1n) is 16.7. The fourth-order valence-electron chi connectivity index (χ4n) is 5.33. The number of allylic oxidation sites excluding steroid dienone is 2. The molecule has 1 heterocycles. The topological polar surface area (TPSA) is 124 Å². The highest BCUT2D eigenvalue weighted by molar-refractivity contribution is 8.78. The van der Waals surface area contributed by atoms with E-state index in [1.54, 1.807) is 58.4 Å². The van der Waals surface area contributed by atoms with Gasteiger partial charge in [0, 0.05) is 29.8 Å². The van der Waals surface area contributed by atoms with Gasteiger partial charge in [-0.2, -0.15) is 0 Å². The zero-order chi connectivity index (χ0) is 36.7. The van der Waals surface area contributed by atoms with Crippen LogP contribution in [0.3, 0.4) is 0 Å². The van der Waals surface area contributed by atoms with E-state index in [1.165, 1.54) is 26.5 Å². The SMILES string of the molecule is C=C/C=C(\N=C)SSCCC(=O)Nc1cccc([C@@H](CCc2ccc(OC)c(OC)c2)OC(=O)[C@@H]2CCCCN2C(=O)C(=O)C(C)(C)CC)c1. The van der Waals surface area contributed by atoms with E-state index < -0.39 is 35.2 Å². The summed E-state index contributed by atoms with van der Waals surface area (Å²) >= 11 is 0. The number of hydrogen-bond donors (Lipinski definition) is 1. The molecule has 2 atom stereocenters. The molecule has 0 saturated carbocycles. The molecule has 270 valence electrons. The van der Waals surface area contributed by atoms with Gasteiger partial charge in [0.05, 0.1) is 14.2 Å². The highest BCUT2D eigenvalue weighted by atomic mass is 33.1. The number of anilines is 1. The second-order valence-corrected chi connectivity index (χ2v) is 14.9. The first-order chi connectivity index (χ1) is 24.0. The molecule has 2 amide bonds. The predicted molar refractivity (Wildman–Crippen MR) is 203 cm³/mol. The first kappa shape index (κ1) is 40.4. The lowest BCUT2D eigenvalue weighted by molar-refractivity contribution is -0.164. The van der Waals surface area contributed by atoms with Crippen molar-refractivity contribution >= 4 is 57.6 Å². The normalized spacial score (nSPS) is 15.4. The number of likely N-dealkylation sites (tertiary alicyclic amines) is 1. The van der Waals surface area contributed by atoms with Crippen LogP contribution in [0.2, 0.25) is 0 Å². The molecule has 2 aromatic carbocycles. The summed E-state index contributed by atoms with van der Waals surface area (Å²) in [7, 11) is 6.06. The van der Waals surface area contributed by atoms with Crippen molar-refractivity contribution in [1.82, 2.24) is 4.90 Å². The number of aryl methyl sites for hydroxylation is 1. The van der Waals surface area contributed by atoms with Gasteiger partial charge in [0.2, 0.25) is 11.7 Å². The molecule has 0 aromatic heterocycles. The van der Waals surface area contributed by atoms with Crippen LogP contribution in [0.5, 0.6) is 11.5 Å². The number of Topliss-reactive ketones (excluding diaryl/α,β-unsaturated/α-hetero) is 1. The highest BCUT2D eigenvalue weighted by Crippen LogP contribution is 2.33. The van der Waals surface area contributed by atoms with Crippen molar-refractivity contribution in [2.45, 2.75) is 77.9 Å². The van der Waals surface area contributed by atoms with Gasteiger partial charge in [0.1, 0.15) is 17.2 Å². The Hall–Kier alpha value is -4.03. The molecule has 12 heteroatoms. The van der Waals surface area contributed by atoms with Gasteiger partial charge >= 0.3 is 5.97 Å². The van der Waals surface area contributed by atoms with Crippen molar-refractivity contribution in [1.29, 1.82) is 0 Å². The van der Waals surface area contributed by atoms with E-state index >= 15 is 0 Å². The number of esters is 1. The first-order valence-corrected chi connectivity index (χ1v) is 19.0. The summed E-state index contributed by atoms with van der Waals surface area (Å²) in [5.41, 5.74) is 1.37. The van der Waals surface area contributed by atoms with Gasteiger partial charge in [-0.1, -0.05) is 62.4 Å². The highest BCUT2D eigenvalue weighted by Gasteiger charge is 2.41. The van der Waals surface area contributed by atoms with E-state index in [-0.39, 0.29) is 12.3 Å². The molecular formula is C38H49N3O7S2. The maximum atomic E-state index is 13.9. The third-order valence-electron chi connectivity index (χ3n) is 8.65. The number of piperidine rings is 1. The molecule has 1 N–H and O–H groups in total.